The fourth-order valence-electron chi connectivity index (χ4n) is 1.55. The van der Waals surface area contributed by atoms with Crippen LogP contribution in [-0.2, 0) is 19.1 Å². The Labute approximate surface area is 167 Å². The molecule has 8 nitrogen and oxygen atoms in total. The van der Waals surface area contributed by atoms with Crippen LogP contribution in [-0.4, -0.2) is 40.0 Å². The minimum absolute atomic E-state index is 0.0281. The molecule has 9 heteroatoms. The topological polar surface area (TPSA) is 105 Å². The van der Waals surface area contributed by atoms with Crippen molar-refractivity contribution in [2.75, 3.05) is 11.9 Å². The molecule has 0 saturated carbocycles. The zero-order valence-corrected chi connectivity index (χ0v) is 18.0. The van der Waals surface area contributed by atoms with E-state index in [1.54, 1.807) is 20.8 Å². The fraction of sp³-hybridized carbons (Fsp3) is 0.556. The van der Waals surface area contributed by atoms with Gasteiger partial charge in [-0.25, -0.2) is 4.79 Å². The van der Waals surface area contributed by atoms with Crippen LogP contribution in [0.5, 0.6) is 5.75 Å². The molecule has 0 aromatic heterocycles. The lowest BCUT2D eigenvalue weighted by Crippen LogP contribution is -2.27. The predicted octanol–water partition coefficient (Wildman–Crippen LogP) is 4.04. The normalized spacial score (nSPS) is 10.9. The van der Waals surface area contributed by atoms with Gasteiger partial charge in [-0.1, -0.05) is 15.9 Å². The second-order valence-electron chi connectivity index (χ2n) is 7.35. The van der Waals surface area contributed by atoms with Crippen LogP contribution in [0.2, 0.25) is 0 Å². The number of carbonyl (C=O) groups is 2. The number of halogens is 1. The van der Waals surface area contributed by atoms with Crippen LogP contribution in [0.15, 0.2) is 24.3 Å². The third-order valence-electron chi connectivity index (χ3n) is 2.35. The molecule has 27 heavy (non-hydrogen) atoms. The van der Waals surface area contributed by atoms with Gasteiger partial charge >= 0.3 is 11.9 Å². The van der Waals surface area contributed by atoms with E-state index in [1.165, 1.54) is 24.3 Å². The van der Waals surface area contributed by atoms with E-state index in [0.717, 1.165) is 0 Å². The minimum Gasteiger partial charge on any atom is -0.482 e. The molecule has 0 radical (unpaired) electrons. The lowest BCUT2D eigenvalue weighted by Gasteiger charge is -2.19. The maximum absolute atomic E-state index is 11.4. The van der Waals surface area contributed by atoms with Crippen molar-refractivity contribution in [3.8, 4) is 5.75 Å². The summed E-state index contributed by atoms with van der Waals surface area (Å²) in [4.78, 5) is 31.8. The molecule has 0 heterocycles. The van der Waals surface area contributed by atoms with Crippen molar-refractivity contribution >= 4 is 33.6 Å². The lowest BCUT2D eigenvalue weighted by molar-refractivity contribution is -0.384. The van der Waals surface area contributed by atoms with Gasteiger partial charge in [0.05, 0.1) is 4.92 Å². The Morgan fingerprint density at radius 1 is 0.963 bits per heavy atom. The number of alkyl halides is 1. The Morgan fingerprint density at radius 2 is 1.41 bits per heavy atom. The van der Waals surface area contributed by atoms with Gasteiger partial charge in [0.2, 0.25) is 0 Å². The molecule has 0 aliphatic rings. The van der Waals surface area contributed by atoms with Gasteiger partial charge in [-0.15, -0.1) is 0 Å². The Morgan fingerprint density at radius 3 is 1.74 bits per heavy atom. The van der Waals surface area contributed by atoms with Crippen LogP contribution < -0.4 is 4.74 Å². The molecule has 1 aromatic rings. The number of hydrogen-bond donors (Lipinski definition) is 0. The Kier molecular flexibility index (Phi) is 9.99. The fourth-order valence-corrected chi connectivity index (χ4v) is 1.66. The third kappa shape index (κ3) is 13.7. The summed E-state index contributed by atoms with van der Waals surface area (Å²) < 4.78 is 15.1. The van der Waals surface area contributed by atoms with Gasteiger partial charge in [-0.3, -0.25) is 14.9 Å². The average molecular weight is 448 g/mol. The first-order valence-corrected chi connectivity index (χ1v) is 9.22. The molecule has 0 spiro atoms. The molecular weight excluding hydrogens is 422 g/mol. The van der Waals surface area contributed by atoms with Gasteiger partial charge in [0.1, 0.15) is 22.3 Å². The highest BCUT2D eigenvalue weighted by Crippen LogP contribution is 2.17. The summed E-state index contributed by atoms with van der Waals surface area (Å²) in [5, 5.41) is 10.7. The number of nitro benzene ring substituents is 1. The molecule has 0 unspecified atom stereocenters. The van der Waals surface area contributed by atoms with Gasteiger partial charge < -0.3 is 14.2 Å². The van der Waals surface area contributed by atoms with E-state index in [1.807, 2.05) is 20.8 Å². The zero-order chi connectivity index (χ0) is 21.3. The van der Waals surface area contributed by atoms with E-state index in [2.05, 4.69) is 15.9 Å². The van der Waals surface area contributed by atoms with Gasteiger partial charge in [0.25, 0.3) is 5.69 Å². The summed E-state index contributed by atoms with van der Waals surface area (Å²) in [6.07, 6.45) is 0. The van der Waals surface area contributed by atoms with E-state index in [-0.39, 0.29) is 29.2 Å². The van der Waals surface area contributed by atoms with Crippen molar-refractivity contribution in [3.05, 3.63) is 34.4 Å². The summed E-state index contributed by atoms with van der Waals surface area (Å²) in [5.41, 5.74) is -0.944. The van der Waals surface area contributed by atoms with Gasteiger partial charge in [0.15, 0.2) is 6.61 Å². The van der Waals surface area contributed by atoms with Crippen LogP contribution in [0, 0.1) is 10.1 Å². The number of esters is 2. The van der Waals surface area contributed by atoms with E-state index < -0.39 is 16.5 Å². The first-order chi connectivity index (χ1) is 12.2. The van der Waals surface area contributed by atoms with Gasteiger partial charge in [-0.05, 0) is 53.7 Å². The minimum atomic E-state index is -0.560. The van der Waals surface area contributed by atoms with E-state index in [0.29, 0.717) is 5.75 Å². The quantitative estimate of drug-likeness (QED) is 0.290. The highest BCUT2D eigenvalue weighted by molar-refractivity contribution is 9.09. The number of nitro groups is 1. The number of ether oxygens (including phenoxy) is 3. The van der Waals surface area contributed by atoms with Gasteiger partial charge in [0, 0.05) is 12.1 Å². The van der Waals surface area contributed by atoms with E-state index in [9.17, 15) is 19.7 Å². The Bertz CT molecular complexity index is 631. The van der Waals surface area contributed by atoms with Gasteiger partial charge in [-0.2, -0.15) is 0 Å². The maximum Gasteiger partial charge on any atom is 0.344 e. The molecule has 1 aromatic carbocycles. The third-order valence-corrected chi connectivity index (χ3v) is 2.81. The smallest absolute Gasteiger partial charge is 0.344 e. The molecule has 0 fully saturated rings. The number of non-ortho nitro benzene ring substituents is 1. The summed E-state index contributed by atoms with van der Waals surface area (Å²) in [6.45, 7) is 10.6. The second kappa shape index (κ2) is 10.9. The molecule has 0 saturated heterocycles. The summed E-state index contributed by atoms with van der Waals surface area (Å²) in [6, 6.07) is 5.49. The summed E-state index contributed by atoms with van der Waals surface area (Å²) in [5.74, 6) is -0.324. The van der Waals surface area contributed by atoms with Crippen LogP contribution in [0.4, 0.5) is 5.69 Å². The van der Waals surface area contributed by atoms with E-state index >= 15 is 0 Å². The van der Waals surface area contributed by atoms with Crippen LogP contribution in [0.3, 0.4) is 0 Å². The van der Waals surface area contributed by atoms with Crippen molar-refractivity contribution < 1.29 is 28.7 Å². The van der Waals surface area contributed by atoms with Crippen molar-refractivity contribution in [1.29, 1.82) is 0 Å². The first-order valence-electron chi connectivity index (χ1n) is 8.10. The second-order valence-corrected chi connectivity index (χ2v) is 7.91. The molecule has 0 atom stereocenters. The number of benzene rings is 1. The van der Waals surface area contributed by atoms with E-state index in [4.69, 9.17) is 14.2 Å². The number of nitrogens with zero attached hydrogens (tertiary/aromatic N) is 1. The van der Waals surface area contributed by atoms with Crippen molar-refractivity contribution in [3.63, 3.8) is 0 Å². The van der Waals surface area contributed by atoms with Crippen molar-refractivity contribution in [2.24, 2.45) is 0 Å². The molecule has 1 rings (SSSR count). The molecule has 0 bridgehead atoms. The average Bonchev–Trinajstić information content (AvgIpc) is 2.50. The lowest BCUT2D eigenvalue weighted by atomic mass is 10.2. The zero-order valence-electron chi connectivity index (χ0n) is 16.4. The summed E-state index contributed by atoms with van der Waals surface area (Å²) in [7, 11) is 0. The molecule has 0 amide bonds. The van der Waals surface area contributed by atoms with Crippen LogP contribution in [0.1, 0.15) is 41.5 Å². The highest BCUT2D eigenvalue weighted by Gasteiger charge is 2.16. The Balaban J connectivity index is 0.000000636. The van der Waals surface area contributed by atoms with Crippen molar-refractivity contribution in [1.82, 2.24) is 0 Å². The van der Waals surface area contributed by atoms with Crippen molar-refractivity contribution in [2.45, 2.75) is 52.7 Å². The number of hydrogen-bond acceptors (Lipinski definition) is 7. The first kappa shape index (κ1) is 24.8. The monoisotopic (exact) mass is 447 g/mol. The molecular formula is C18H26BrNO7. The largest absolute Gasteiger partial charge is 0.482 e. The number of carbonyl (C=O) groups excluding carboxylic acids is 2. The Hall–Kier alpha value is -2.16. The molecule has 0 aliphatic carbocycles. The van der Waals surface area contributed by atoms with Crippen LogP contribution in [0.25, 0.3) is 0 Å². The SMILES string of the molecule is CC(C)(C)OC(=O)CBr.CC(C)(C)OC(=O)COc1ccc([N+](=O)[O-])cc1. The summed E-state index contributed by atoms with van der Waals surface area (Å²) >= 11 is 2.99. The maximum atomic E-state index is 11.4. The predicted molar refractivity (Wildman–Crippen MR) is 104 cm³/mol. The molecule has 0 aliphatic heterocycles. The standard InChI is InChI=1S/C12H15NO5.C6H11BrO2/c1-12(2,3)18-11(14)8-17-10-6-4-9(5-7-10)13(15)16;1-6(2,3)9-5(8)4-7/h4-7H,8H2,1-3H3;4H2,1-3H3. The molecule has 0 N–H and O–H groups in total. The number of rotatable bonds is 5. The highest BCUT2D eigenvalue weighted by atomic mass is 79.9. The van der Waals surface area contributed by atoms with Crippen LogP contribution >= 0.6 is 15.9 Å². The molecule has 152 valence electrons.